The minimum Gasteiger partial charge on any atom is -0.451 e. The van der Waals surface area contributed by atoms with Crippen molar-refractivity contribution in [2.45, 2.75) is 20.0 Å². The molecule has 0 bridgehead atoms. The van der Waals surface area contributed by atoms with Gasteiger partial charge in [-0.1, -0.05) is 18.2 Å². The summed E-state index contributed by atoms with van der Waals surface area (Å²) in [6.45, 7) is 3.17. The topological polar surface area (TPSA) is 135 Å². The summed E-state index contributed by atoms with van der Waals surface area (Å²) in [7, 11) is 0. The lowest BCUT2D eigenvalue weighted by Crippen LogP contribution is -2.25. The van der Waals surface area contributed by atoms with Crippen molar-refractivity contribution >= 4 is 34.0 Å². The number of Topliss-reactive ketones (excluding diaryl/α,β-unsaturated/α-hetero) is 1. The van der Waals surface area contributed by atoms with E-state index >= 15 is 0 Å². The molecule has 0 aliphatic carbocycles. The molecule has 0 aliphatic heterocycles. The molecule has 9 nitrogen and oxygen atoms in total. The third-order valence-electron chi connectivity index (χ3n) is 4.65. The molecule has 0 saturated carbocycles. The Morgan fingerprint density at radius 1 is 1.27 bits per heavy atom. The molecule has 3 aromatic rings. The summed E-state index contributed by atoms with van der Waals surface area (Å²) in [5.74, 6) is -1.26. The number of rotatable bonds is 8. The molecule has 0 spiro atoms. The van der Waals surface area contributed by atoms with Gasteiger partial charge in [0, 0.05) is 46.5 Å². The number of esters is 1. The second-order valence-electron chi connectivity index (χ2n) is 6.72. The summed E-state index contributed by atoms with van der Waals surface area (Å²) >= 11 is 0. The zero-order valence-corrected chi connectivity index (χ0v) is 16.5. The van der Waals surface area contributed by atoms with Gasteiger partial charge in [-0.3, -0.25) is 14.9 Å². The molecule has 3 N–H and O–H groups in total. The number of aromatic nitrogens is 1. The summed E-state index contributed by atoms with van der Waals surface area (Å²) in [5, 5.41) is 23.6. The highest BCUT2D eigenvalue weighted by Crippen LogP contribution is 2.26. The molecule has 0 saturated heterocycles. The second kappa shape index (κ2) is 8.75. The number of carbonyl (C=O) groups is 2. The fraction of sp³-hybridized carbons (Fsp3) is 0.238. The van der Waals surface area contributed by atoms with Gasteiger partial charge in [-0.2, -0.15) is 0 Å². The normalized spacial score (nSPS) is 11.8. The second-order valence-corrected chi connectivity index (χ2v) is 6.72. The number of fused-ring (bicyclic) bond motifs is 1. The highest BCUT2D eigenvalue weighted by Gasteiger charge is 2.26. The zero-order chi connectivity index (χ0) is 21.8. The van der Waals surface area contributed by atoms with Crippen LogP contribution in [0, 0.1) is 17.0 Å². The maximum Gasteiger partial charge on any atom is 0.341 e. The molecule has 1 atom stereocenters. The molecule has 3 rings (SSSR count). The van der Waals surface area contributed by atoms with E-state index in [0.717, 1.165) is 17.0 Å². The molecule has 0 aliphatic rings. The van der Waals surface area contributed by atoms with Gasteiger partial charge in [0.15, 0.2) is 6.10 Å². The van der Waals surface area contributed by atoms with Crippen LogP contribution in [0.1, 0.15) is 33.3 Å². The number of nitro groups is 1. The summed E-state index contributed by atoms with van der Waals surface area (Å²) in [5.41, 5.74) is 1.78. The van der Waals surface area contributed by atoms with E-state index < -0.39 is 17.0 Å². The Kier molecular flexibility index (Phi) is 6.12. The predicted octanol–water partition coefficient (Wildman–Crippen LogP) is 3.22. The fourth-order valence-electron chi connectivity index (χ4n) is 3.23. The molecule has 0 amide bonds. The number of hydrogen-bond acceptors (Lipinski definition) is 7. The van der Waals surface area contributed by atoms with E-state index in [1.54, 1.807) is 13.0 Å². The number of ketones is 1. The van der Waals surface area contributed by atoms with Gasteiger partial charge in [0.05, 0.1) is 17.1 Å². The van der Waals surface area contributed by atoms with Gasteiger partial charge in [-0.05, 0) is 26.0 Å². The summed E-state index contributed by atoms with van der Waals surface area (Å²) in [6.07, 6.45) is -1.11. The Hall–Kier alpha value is -3.72. The molecular formula is C21H21N3O6. The number of benzene rings is 2. The Balaban J connectivity index is 1.87. The number of non-ortho nitro benzene ring substituents is 1. The van der Waals surface area contributed by atoms with Gasteiger partial charge in [0.2, 0.25) is 5.78 Å². The van der Waals surface area contributed by atoms with Crippen LogP contribution in [0.15, 0.2) is 42.5 Å². The highest BCUT2D eigenvalue weighted by atomic mass is 16.6. The summed E-state index contributed by atoms with van der Waals surface area (Å²) < 4.78 is 5.35. The smallest absolute Gasteiger partial charge is 0.341 e. The van der Waals surface area contributed by atoms with Crippen LogP contribution in [0.5, 0.6) is 0 Å². The van der Waals surface area contributed by atoms with Crippen molar-refractivity contribution in [3.63, 3.8) is 0 Å². The molecule has 0 fully saturated rings. The van der Waals surface area contributed by atoms with Crippen molar-refractivity contribution < 1.29 is 24.4 Å². The van der Waals surface area contributed by atoms with Crippen LogP contribution in [-0.2, 0) is 4.74 Å². The van der Waals surface area contributed by atoms with Crippen LogP contribution >= 0.6 is 0 Å². The average Bonchev–Trinajstić information content (AvgIpc) is 3.06. The van der Waals surface area contributed by atoms with Crippen molar-refractivity contribution in [3.05, 3.63) is 69.4 Å². The van der Waals surface area contributed by atoms with E-state index in [0.29, 0.717) is 11.3 Å². The van der Waals surface area contributed by atoms with E-state index in [1.165, 1.54) is 19.1 Å². The number of H-pyrrole nitrogens is 1. The van der Waals surface area contributed by atoms with E-state index in [2.05, 4.69) is 10.3 Å². The first-order valence-electron chi connectivity index (χ1n) is 9.29. The first-order valence-corrected chi connectivity index (χ1v) is 9.29. The van der Waals surface area contributed by atoms with Crippen LogP contribution in [0.25, 0.3) is 10.9 Å². The fourth-order valence-corrected chi connectivity index (χ4v) is 3.23. The molecule has 30 heavy (non-hydrogen) atoms. The quantitative estimate of drug-likeness (QED) is 0.224. The number of aliphatic hydroxyl groups is 1. The number of carbonyl (C=O) groups excluding carboxylic acids is 2. The van der Waals surface area contributed by atoms with E-state index in [4.69, 9.17) is 9.84 Å². The van der Waals surface area contributed by atoms with Gasteiger partial charge in [-0.25, -0.2) is 4.79 Å². The summed E-state index contributed by atoms with van der Waals surface area (Å²) in [4.78, 5) is 39.3. The zero-order valence-electron chi connectivity index (χ0n) is 16.5. The summed E-state index contributed by atoms with van der Waals surface area (Å²) in [6, 6.07) is 11.0. The maximum absolute atomic E-state index is 13.0. The largest absolute Gasteiger partial charge is 0.451 e. The minimum atomic E-state index is -1.11. The van der Waals surface area contributed by atoms with Crippen LogP contribution < -0.4 is 5.32 Å². The number of anilines is 1. The monoisotopic (exact) mass is 411 g/mol. The predicted molar refractivity (Wildman–Crippen MR) is 111 cm³/mol. The number of nitrogens with zero attached hydrogens (tertiary/aromatic N) is 1. The number of aromatic amines is 1. The van der Waals surface area contributed by atoms with Gasteiger partial charge < -0.3 is 20.1 Å². The third kappa shape index (κ3) is 4.15. The number of nitrogens with one attached hydrogen (secondary N) is 2. The number of aryl methyl sites for hydroxylation is 1. The number of para-hydroxylation sites is 1. The molecule has 9 heteroatoms. The van der Waals surface area contributed by atoms with Gasteiger partial charge in [0.1, 0.15) is 0 Å². The third-order valence-corrected chi connectivity index (χ3v) is 4.65. The van der Waals surface area contributed by atoms with Crippen LogP contribution in [0.3, 0.4) is 0 Å². The minimum absolute atomic E-state index is 0.0899. The van der Waals surface area contributed by atoms with Crippen molar-refractivity contribution in [1.29, 1.82) is 0 Å². The van der Waals surface area contributed by atoms with Crippen LogP contribution in [0.2, 0.25) is 0 Å². The molecule has 1 aromatic heterocycles. The van der Waals surface area contributed by atoms with E-state index in [9.17, 15) is 19.7 Å². The number of nitro benzene ring substituents is 1. The molecule has 0 unspecified atom stereocenters. The lowest BCUT2D eigenvalue weighted by atomic mass is 10.0. The lowest BCUT2D eigenvalue weighted by molar-refractivity contribution is -0.384. The van der Waals surface area contributed by atoms with Gasteiger partial charge >= 0.3 is 5.97 Å². The first-order chi connectivity index (χ1) is 14.3. The average molecular weight is 411 g/mol. The first kappa shape index (κ1) is 21.0. The van der Waals surface area contributed by atoms with Crippen molar-refractivity contribution in [2.75, 3.05) is 18.5 Å². The SMILES string of the molecule is Cc1[nH]c2ccccc2c1C(=O)[C@H](C)OC(=O)c1cc([N+](=O)[O-])ccc1NCCO. The van der Waals surface area contributed by atoms with Crippen molar-refractivity contribution in [2.24, 2.45) is 0 Å². The van der Waals surface area contributed by atoms with E-state index in [1.807, 2.05) is 18.2 Å². The van der Waals surface area contributed by atoms with E-state index in [-0.39, 0.29) is 35.9 Å². The highest BCUT2D eigenvalue weighted by molar-refractivity contribution is 6.12. The number of hydrogen-bond donors (Lipinski definition) is 3. The number of ether oxygens (including phenoxy) is 1. The molecular weight excluding hydrogens is 390 g/mol. The Morgan fingerprint density at radius 3 is 2.70 bits per heavy atom. The Morgan fingerprint density at radius 2 is 2.00 bits per heavy atom. The Bertz CT molecular complexity index is 1120. The van der Waals surface area contributed by atoms with Gasteiger partial charge in [-0.15, -0.1) is 0 Å². The molecule has 0 radical (unpaired) electrons. The van der Waals surface area contributed by atoms with Crippen molar-refractivity contribution in [1.82, 2.24) is 4.98 Å². The number of aliphatic hydroxyl groups excluding tert-OH is 1. The van der Waals surface area contributed by atoms with Crippen molar-refractivity contribution in [3.8, 4) is 0 Å². The van der Waals surface area contributed by atoms with Gasteiger partial charge in [0.25, 0.3) is 5.69 Å². The van der Waals surface area contributed by atoms with Crippen LogP contribution in [-0.4, -0.2) is 46.0 Å². The van der Waals surface area contributed by atoms with Crippen LogP contribution in [0.4, 0.5) is 11.4 Å². The molecule has 156 valence electrons. The Labute approximate surface area is 171 Å². The maximum atomic E-state index is 13.0. The molecule has 2 aromatic carbocycles. The lowest BCUT2D eigenvalue weighted by Gasteiger charge is -2.15. The molecule has 1 heterocycles. The standard InChI is InChI=1S/C21H21N3O6/c1-12-19(15-5-3-4-6-18(15)23-12)20(26)13(2)30-21(27)16-11-14(24(28)29)7-8-17(16)22-9-10-25/h3-8,11,13,22-23,25H,9-10H2,1-2H3/t13-/m0/s1.